The first-order valence-corrected chi connectivity index (χ1v) is 4.98. The highest BCUT2D eigenvalue weighted by atomic mass is 16.5. The van der Waals surface area contributed by atoms with Crippen molar-refractivity contribution < 1.29 is 9.53 Å². The average Bonchev–Trinajstić information content (AvgIpc) is 2.71. The topological polar surface area (TPSA) is 78.1 Å². The van der Waals surface area contributed by atoms with E-state index in [9.17, 15) is 4.79 Å². The van der Waals surface area contributed by atoms with Crippen LogP contribution < -0.4 is 5.73 Å². The van der Waals surface area contributed by atoms with Crippen LogP contribution in [-0.4, -0.2) is 28.6 Å². The van der Waals surface area contributed by atoms with Gasteiger partial charge in [0.25, 0.3) is 5.91 Å². The van der Waals surface area contributed by atoms with E-state index in [2.05, 4.69) is 9.97 Å². The van der Waals surface area contributed by atoms with Gasteiger partial charge in [0.05, 0.1) is 11.8 Å². The second kappa shape index (κ2) is 4.35. The summed E-state index contributed by atoms with van der Waals surface area (Å²) in [4.78, 5) is 19.1. The maximum Gasteiger partial charge on any atom is 0.269 e. The minimum absolute atomic E-state index is 0.153. The van der Waals surface area contributed by atoms with Gasteiger partial charge in [-0.1, -0.05) is 0 Å². The number of aromatic nitrogens is 2. The molecule has 0 radical (unpaired) electrons. The van der Waals surface area contributed by atoms with E-state index < -0.39 is 5.91 Å². The lowest BCUT2D eigenvalue weighted by molar-refractivity contribution is 0.0986. The van der Waals surface area contributed by atoms with Gasteiger partial charge in [-0.3, -0.25) is 9.78 Å². The monoisotopic (exact) mass is 207 g/mol. The predicted octanol–water partition coefficient (Wildman–Crippen LogP) is 0.297. The molecule has 1 aliphatic heterocycles. The highest BCUT2D eigenvalue weighted by Gasteiger charge is 2.20. The Kier molecular flexibility index (Phi) is 2.91. The predicted molar refractivity (Wildman–Crippen MR) is 53.2 cm³/mol. The first-order valence-electron chi connectivity index (χ1n) is 4.98. The molecule has 0 aromatic carbocycles. The highest BCUT2D eigenvalue weighted by Crippen LogP contribution is 2.17. The number of hydrogen-bond donors (Lipinski definition) is 1. The van der Waals surface area contributed by atoms with E-state index in [0.717, 1.165) is 19.4 Å². The molecule has 1 amide bonds. The van der Waals surface area contributed by atoms with Crippen LogP contribution in [0.2, 0.25) is 0 Å². The number of amides is 1. The molecule has 80 valence electrons. The molecule has 1 atom stereocenters. The highest BCUT2D eigenvalue weighted by molar-refractivity contribution is 5.91. The summed E-state index contributed by atoms with van der Waals surface area (Å²) in [6.07, 6.45) is 5.88. The molecular weight excluding hydrogens is 194 g/mol. The zero-order chi connectivity index (χ0) is 10.7. The van der Waals surface area contributed by atoms with Crippen molar-refractivity contribution in [3.8, 4) is 0 Å². The Bertz CT molecular complexity index is 361. The van der Waals surface area contributed by atoms with Crippen LogP contribution in [0.25, 0.3) is 0 Å². The van der Waals surface area contributed by atoms with E-state index in [1.54, 1.807) is 6.20 Å². The van der Waals surface area contributed by atoms with Crippen LogP contribution in [0.15, 0.2) is 12.4 Å². The lowest BCUT2D eigenvalue weighted by Gasteiger charge is -2.09. The fraction of sp³-hybridized carbons (Fsp3) is 0.500. The third kappa shape index (κ3) is 2.30. The summed E-state index contributed by atoms with van der Waals surface area (Å²) < 4.78 is 5.47. The van der Waals surface area contributed by atoms with Gasteiger partial charge in [0.2, 0.25) is 0 Å². The number of nitrogens with zero attached hydrogens (tertiary/aromatic N) is 2. The Morgan fingerprint density at radius 1 is 1.53 bits per heavy atom. The molecule has 2 heterocycles. The summed E-state index contributed by atoms with van der Waals surface area (Å²) >= 11 is 0. The molecule has 2 rings (SSSR count). The molecule has 2 N–H and O–H groups in total. The van der Waals surface area contributed by atoms with Gasteiger partial charge >= 0.3 is 0 Å². The Hall–Kier alpha value is -1.49. The van der Waals surface area contributed by atoms with Crippen LogP contribution in [0.5, 0.6) is 0 Å². The van der Waals surface area contributed by atoms with Crippen molar-refractivity contribution in [1.82, 2.24) is 9.97 Å². The number of primary amides is 1. The van der Waals surface area contributed by atoms with Gasteiger partial charge in [0.1, 0.15) is 5.69 Å². The molecule has 1 aliphatic rings. The molecule has 1 saturated heterocycles. The van der Waals surface area contributed by atoms with E-state index in [1.165, 1.54) is 6.20 Å². The zero-order valence-electron chi connectivity index (χ0n) is 8.35. The van der Waals surface area contributed by atoms with Crippen LogP contribution in [0, 0.1) is 0 Å². The lowest BCUT2D eigenvalue weighted by Crippen LogP contribution is -2.20. The van der Waals surface area contributed by atoms with Gasteiger partial charge in [-0.25, -0.2) is 4.98 Å². The molecular formula is C10H13N3O2. The van der Waals surface area contributed by atoms with Crippen molar-refractivity contribution in [2.45, 2.75) is 25.4 Å². The van der Waals surface area contributed by atoms with E-state index in [0.29, 0.717) is 12.1 Å². The summed E-state index contributed by atoms with van der Waals surface area (Å²) in [6, 6.07) is 0. The molecule has 1 aromatic heterocycles. The third-order valence-electron chi connectivity index (χ3n) is 2.45. The molecule has 1 aromatic rings. The van der Waals surface area contributed by atoms with Crippen molar-refractivity contribution in [2.75, 3.05) is 6.61 Å². The van der Waals surface area contributed by atoms with Crippen molar-refractivity contribution in [3.63, 3.8) is 0 Å². The zero-order valence-corrected chi connectivity index (χ0v) is 8.35. The van der Waals surface area contributed by atoms with Crippen molar-refractivity contribution in [3.05, 3.63) is 23.8 Å². The number of rotatable bonds is 3. The first kappa shape index (κ1) is 10.0. The molecule has 1 fully saturated rings. The fourth-order valence-corrected chi connectivity index (χ4v) is 1.74. The quantitative estimate of drug-likeness (QED) is 0.773. The SMILES string of the molecule is NC(=O)c1nccnc1CC1CCCO1. The number of ether oxygens (including phenoxy) is 1. The summed E-state index contributed by atoms with van der Waals surface area (Å²) in [5, 5.41) is 0. The van der Waals surface area contributed by atoms with Gasteiger partial charge in [-0.2, -0.15) is 0 Å². The summed E-state index contributed by atoms with van der Waals surface area (Å²) in [7, 11) is 0. The molecule has 1 unspecified atom stereocenters. The van der Waals surface area contributed by atoms with Crippen LogP contribution in [-0.2, 0) is 11.2 Å². The standard InChI is InChI=1S/C10H13N3O2/c11-10(14)9-8(12-3-4-13-9)6-7-2-1-5-15-7/h3-4,7H,1-2,5-6H2,(H2,11,14). The van der Waals surface area contributed by atoms with Crippen LogP contribution in [0.3, 0.4) is 0 Å². The summed E-state index contributed by atoms with van der Waals surface area (Å²) in [5.41, 5.74) is 6.10. The van der Waals surface area contributed by atoms with E-state index in [-0.39, 0.29) is 11.8 Å². The number of carbonyl (C=O) groups excluding carboxylic acids is 1. The summed E-state index contributed by atoms with van der Waals surface area (Å²) in [6.45, 7) is 0.789. The second-order valence-corrected chi connectivity index (χ2v) is 3.56. The molecule has 0 aliphatic carbocycles. The number of nitrogens with two attached hydrogens (primary N) is 1. The van der Waals surface area contributed by atoms with Gasteiger partial charge in [-0.15, -0.1) is 0 Å². The molecule has 0 saturated carbocycles. The Labute approximate surface area is 87.7 Å². The van der Waals surface area contributed by atoms with Gasteiger partial charge < -0.3 is 10.5 Å². The van der Waals surface area contributed by atoms with Gasteiger partial charge in [-0.05, 0) is 12.8 Å². The van der Waals surface area contributed by atoms with E-state index in [4.69, 9.17) is 10.5 Å². The third-order valence-corrected chi connectivity index (χ3v) is 2.45. The first-order chi connectivity index (χ1) is 7.27. The van der Waals surface area contributed by atoms with Crippen LogP contribution >= 0.6 is 0 Å². The maximum atomic E-state index is 11.1. The normalized spacial score (nSPS) is 20.4. The van der Waals surface area contributed by atoms with E-state index >= 15 is 0 Å². The van der Waals surface area contributed by atoms with Gasteiger partial charge in [0, 0.05) is 25.4 Å². The van der Waals surface area contributed by atoms with Crippen LogP contribution in [0.1, 0.15) is 29.0 Å². The average molecular weight is 207 g/mol. The number of carbonyl (C=O) groups is 1. The van der Waals surface area contributed by atoms with Crippen molar-refractivity contribution in [1.29, 1.82) is 0 Å². The summed E-state index contributed by atoms with van der Waals surface area (Å²) in [5.74, 6) is -0.531. The number of hydrogen-bond acceptors (Lipinski definition) is 4. The van der Waals surface area contributed by atoms with Crippen molar-refractivity contribution in [2.24, 2.45) is 5.73 Å². The Morgan fingerprint density at radius 2 is 2.33 bits per heavy atom. The smallest absolute Gasteiger partial charge is 0.269 e. The fourth-order valence-electron chi connectivity index (χ4n) is 1.74. The Balaban J connectivity index is 2.15. The van der Waals surface area contributed by atoms with Crippen LogP contribution in [0.4, 0.5) is 0 Å². The molecule has 0 bridgehead atoms. The minimum atomic E-state index is -0.531. The lowest BCUT2D eigenvalue weighted by atomic mass is 10.1. The Morgan fingerprint density at radius 3 is 3.00 bits per heavy atom. The van der Waals surface area contributed by atoms with E-state index in [1.807, 2.05) is 0 Å². The van der Waals surface area contributed by atoms with Gasteiger partial charge in [0.15, 0.2) is 0 Å². The second-order valence-electron chi connectivity index (χ2n) is 3.56. The largest absolute Gasteiger partial charge is 0.378 e. The minimum Gasteiger partial charge on any atom is -0.378 e. The maximum absolute atomic E-state index is 11.1. The molecule has 0 spiro atoms. The molecule has 15 heavy (non-hydrogen) atoms. The van der Waals surface area contributed by atoms with Crippen molar-refractivity contribution >= 4 is 5.91 Å². The molecule has 5 nitrogen and oxygen atoms in total. The molecule has 5 heteroatoms.